The van der Waals surface area contributed by atoms with Gasteiger partial charge in [-0.1, -0.05) is 224 Å². The molecule has 0 amide bonds. The van der Waals surface area contributed by atoms with E-state index in [1.165, 1.54) is 0 Å². The first kappa shape index (κ1) is 45.6. The molecule has 3 heterocycles. The molecule has 0 fully saturated rings. The number of hydrogen-bond acceptors (Lipinski definition) is 10. The molecule has 0 saturated heterocycles. The lowest BCUT2D eigenvalue weighted by atomic mass is 9.93. The molecule has 342 valence electrons. The Hall–Kier alpha value is -8.20. The molecule has 0 aliphatic heterocycles. The Morgan fingerprint density at radius 2 is 0.529 bits per heavy atom. The van der Waals surface area contributed by atoms with Crippen LogP contribution in [0.2, 0.25) is 0 Å². The first-order valence-electron chi connectivity index (χ1n) is 23.2. The minimum Gasteiger partial charge on any atom is -0.309 e. The standard InChI is InChI=1S/C59H50N9OP/c1-58(2,3)56-66-55(67-57(68-56)59(4,5)6)45-28-20-27-44(38-45)54-63-50(40-23-13-8-14-24-40)62-53(65-54)43-26-19-25-42(37-43)52-61-49(39-21-11-7-12-22-39)60-51(64-52)41-33-35-48(36-34-41)70(69,46-29-15-9-16-30-46)47-31-17-10-18-32-47/h7-38H,1-6H3. The normalized spacial score (nSPS) is 11.9. The molecule has 3 aromatic heterocycles. The van der Waals surface area contributed by atoms with Crippen molar-refractivity contribution < 1.29 is 4.57 Å². The number of benzene rings is 7. The molecular weight excluding hydrogens is 882 g/mol. The van der Waals surface area contributed by atoms with Gasteiger partial charge in [-0.15, -0.1) is 0 Å². The predicted molar refractivity (Wildman–Crippen MR) is 281 cm³/mol. The van der Waals surface area contributed by atoms with Gasteiger partial charge >= 0.3 is 0 Å². The van der Waals surface area contributed by atoms with Gasteiger partial charge in [-0.25, -0.2) is 44.9 Å². The van der Waals surface area contributed by atoms with Crippen LogP contribution in [0.4, 0.5) is 0 Å². The Bertz CT molecular complexity index is 3450. The Labute approximate surface area is 408 Å². The van der Waals surface area contributed by atoms with Crippen LogP contribution in [0.5, 0.6) is 0 Å². The maximum absolute atomic E-state index is 15.2. The molecule has 0 unspecified atom stereocenters. The van der Waals surface area contributed by atoms with E-state index in [0.29, 0.717) is 46.1 Å². The fraction of sp³-hybridized carbons (Fsp3) is 0.136. The molecule has 0 radical (unpaired) electrons. The van der Waals surface area contributed by atoms with Gasteiger partial charge in [0.2, 0.25) is 0 Å². The van der Waals surface area contributed by atoms with Crippen LogP contribution in [0, 0.1) is 0 Å². The summed E-state index contributed by atoms with van der Waals surface area (Å²) in [6.07, 6.45) is 0. The fourth-order valence-corrected chi connectivity index (χ4v) is 10.7. The Balaban J connectivity index is 1.06. The summed E-state index contributed by atoms with van der Waals surface area (Å²) >= 11 is 0. The summed E-state index contributed by atoms with van der Waals surface area (Å²) in [4.78, 5) is 45.2. The summed E-state index contributed by atoms with van der Waals surface area (Å²) in [6, 6.07) is 62.8. The van der Waals surface area contributed by atoms with Crippen molar-refractivity contribution >= 4 is 23.1 Å². The van der Waals surface area contributed by atoms with E-state index in [2.05, 4.69) is 41.5 Å². The van der Waals surface area contributed by atoms with Crippen molar-refractivity contribution in [2.24, 2.45) is 0 Å². The zero-order valence-corrected chi connectivity index (χ0v) is 40.8. The van der Waals surface area contributed by atoms with Gasteiger partial charge in [-0.05, 0) is 12.1 Å². The van der Waals surface area contributed by atoms with Gasteiger partial charge in [0.1, 0.15) is 11.6 Å². The van der Waals surface area contributed by atoms with Crippen LogP contribution < -0.4 is 15.9 Å². The average molecular weight is 932 g/mol. The summed E-state index contributed by atoms with van der Waals surface area (Å²) in [5.74, 6) is 5.04. The topological polar surface area (TPSA) is 133 Å². The highest BCUT2D eigenvalue weighted by molar-refractivity contribution is 7.85. The molecule has 11 heteroatoms. The zero-order chi connectivity index (χ0) is 48.5. The average Bonchev–Trinajstić information content (AvgIpc) is 3.41. The number of rotatable bonds is 10. The molecule has 10 nitrogen and oxygen atoms in total. The van der Waals surface area contributed by atoms with Crippen LogP contribution in [0.3, 0.4) is 0 Å². The summed E-state index contributed by atoms with van der Waals surface area (Å²) in [5, 5.41) is 2.25. The maximum Gasteiger partial charge on any atom is 0.171 e. The van der Waals surface area contributed by atoms with Crippen molar-refractivity contribution in [3.8, 4) is 79.7 Å². The number of nitrogens with zero attached hydrogens (tertiary/aromatic N) is 9. The molecule has 0 aliphatic rings. The third-order valence-electron chi connectivity index (χ3n) is 11.8. The van der Waals surface area contributed by atoms with Crippen molar-refractivity contribution in [3.63, 3.8) is 0 Å². The monoisotopic (exact) mass is 931 g/mol. The summed E-state index contributed by atoms with van der Waals surface area (Å²) in [7, 11) is -3.19. The van der Waals surface area contributed by atoms with E-state index in [9.17, 15) is 0 Å². The van der Waals surface area contributed by atoms with Crippen LogP contribution in [-0.2, 0) is 15.4 Å². The lowest BCUT2D eigenvalue weighted by molar-refractivity contribution is 0.497. The predicted octanol–water partition coefficient (Wildman–Crippen LogP) is 12.1. The lowest BCUT2D eigenvalue weighted by Gasteiger charge is -2.22. The molecule has 10 rings (SSSR count). The highest BCUT2D eigenvalue weighted by Crippen LogP contribution is 2.43. The first-order chi connectivity index (χ1) is 33.8. The third-order valence-corrected chi connectivity index (χ3v) is 14.9. The molecule has 10 aromatic rings. The SMILES string of the molecule is CC(C)(C)c1nc(-c2cccc(-c3nc(-c4ccccc4)nc(-c4cccc(-c5nc(-c6ccccc6)nc(-c6ccc(P(=O)(c7ccccc7)c7ccccc7)cc6)n5)c4)n3)c2)nc(C(C)(C)C)n1. The molecule has 7 aromatic carbocycles. The van der Waals surface area contributed by atoms with E-state index in [1.54, 1.807) is 0 Å². The van der Waals surface area contributed by atoms with E-state index in [4.69, 9.17) is 44.9 Å². The molecule has 0 bridgehead atoms. The molecule has 0 saturated carbocycles. The number of hydrogen-bond donors (Lipinski definition) is 0. The molecule has 0 N–H and O–H groups in total. The van der Waals surface area contributed by atoms with Crippen LogP contribution in [-0.4, -0.2) is 44.9 Å². The lowest BCUT2D eigenvalue weighted by Crippen LogP contribution is -2.24. The largest absolute Gasteiger partial charge is 0.309 e. The quantitative estimate of drug-likeness (QED) is 0.122. The molecular formula is C59H50N9OP. The zero-order valence-electron chi connectivity index (χ0n) is 39.9. The Kier molecular flexibility index (Phi) is 12.2. The van der Waals surface area contributed by atoms with E-state index >= 15 is 4.57 Å². The smallest absolute Gasteiger partial charge is 0.171 e. The first-order valence-corrected chi connectivity index (χ1v) is 24.9. The second kappa shape index (κ2) is 18.7. The minimum atomic E-state index is -3.19. The Morgan fingerprint density at radius 1 is 0.271 bits per heavy atom. The van der Waals surface area contributed by atoms with Crippen molar-refractivity contribution in [2.75, 3.05) is 0 Å². The highest BCUT2D eigenvalue weighted by atomic mass is 31.2. The second-order valence-electron chi connectivity index (χ2n) is 19.1. The molecule has 0 spiro atoms. The third kappa shape index (κ3) is 9.46. The van der Waals surface area contributed by atoms with E-state index in [-0.39, 0.29) is 10.8 Å². The highest BCUT2D eigenvalue weighted by Gasteiger charge is 2.30. The van der Waals surface area contributed by atoms with E-state index in [1.807, 2.05) is 194 Å². The van der Waals surface area contributed by atoms with E-state index in [0.717, 1.165) is 61.2 Å². The van der Waals surface area contributed by atoms with Crippen molar-refractivity contribution in [1.82, 2.24) is 44.9 Å². The summed E-state index contributed by atoms with van der Waals surface area (Å²) < 4.78 is 15.2. The molecule has 70 heavy (non-hydrogen) atoms. The van der Waals surface area contributed by atoms with Crippen molar-refractivity contribution in [1.29, 1.82) is 0 Å². The van der Waals surface area contributed by atoms with E-state index < -0.39 is 7.14 Å². The van der Waals surface area contributed by atoms with Gasteiger partial charge in [0.25, 0.3) is 0 Å². The van der Waals surface area contributed by atoms with Crippen LogP contribution in [0.25, 0.3) is 79.7 Å². The van der Waals surface area contributed by atoms with Gasteiger partial charge in [0, 0.05) is 65.7 Å². The van der Waals surface area contributed by atoms with Crippen LogP contribution >= 0.6 is 7.14 Å². The van der Waals surface area contributed by atoms with Crippen molar-refractivity contribution in [3.05, 3.63) is 206 Å². The van der Waals surface area contributed by atoms with Gasteiger partial charge in [-0.3, -0.25) is 0 Å². The molecule has 0 atom stereocenters. The Morgan fingerprint density at radius 3 is 0.857 bits per heavy atom. The van der Waals surface area contributed by atoms with Crippen LogP contribution in [0.15, 0.2) is 194 Å². The summed E-state index contributed by atoms with van der Waals surface area (Å²) in [5.41, 5.74) is 5.00. The maximum atomic E-state index is 15.2. The molecule has 0 aliphatic carbocycles. The number of aromatic nitrogens is 9. The van der Waals surface area contributed by atoms with Gasteiger partial charge in [-0.2, -0.15) is 0 Å². The summed E-state index contributed by atoms with van der Waals surface area (Å²) in [6.45, 7) is 12.7. The fourth-order valence-electron chi connectivity index (χ4n) is 8.02. The second-order valence-corrected chi connectivity index (χ2v) is 21.9. The minimum absolute atomic E-state index is 0.284. The van der Waals surface area contributed by atoms with Crippen molar-refractivity contribution in [2.45, 2.75) is 52.4 Å². The van der Waals surface area contributed by atoms with Gasteiger partial charge in [0.15, 0.2) is 47.9 Å². The van der Waals surface area contributed by atoms with Gasteiger partial charge in [0.05, 0.1) is 0 Å². The van der Waals surface area contributed by atoms with Gasteiger partial charge < -0.3 is 4.57 Å². The van der Waals surface area contributed by atoms with Crippen LogP contribution in [0.1, 0.15) is 53.2 Å².